The van der Waals surface area contributed by atoms with Crippen molar-refractivity contribution in [2.45, 2.75) is 19.4 Å². The van der Waals surface area contributed by atoms with Crippen LogP contribution >= 0.6 is 0 Å². The van der Waals surface area contributed by atoms with Crippen molar-refractivity contribution < 1.29 is 19.4 Å². The third-order valence-corrected chi connectivity index (χ3v) is 5.83. The van der Waals surface area contributed by atoms with Gasteiger partial charge in [0.15, 0.2) is 6.10 Å². The molecule has 0 spiro atoms. The lowest BCUT2D eigenvalue weighted by Crippen LogP contribution is -2.38. The van der Waals surface area contributed by atoms with Gasteiger partial charge in [-0.25, -0.2) is 4.79 Å². The number of nitrogens with zero attached hydrogens (tertiary/aromatic N) is 3. The van der Waals surface area contributed by atoms with Crippen LogP contribution in [0.1, 0.15) is 22.8 Å². The third-order valence-electron chi connectivity index (χ3n) is 5.83. The number of methoxy groups -OCH3 is 1. The summed E-state index contributed by atoms with van der Waals surface area (Å²) in [5.41, 5.74) is 0.0343. The summed E-state index contributed by atoms with van der Waals surface area (Å²) in [6, 6.07) is 14.3. The van der Waals surface area contributed by atoms with Crippen molar-refractivity contribution in [1.29, 1.82) is 0 Å². The molecule has 0 unspecified atom stereocenters. The highest BCUT2D eigenvalue weighted by atomic mass is 16.5. The van der Waals surface area contributed by atoms with E-state index in [0.29, 0.717) is 28.0 Å². The second-order valence-electron chi connectivity index (χ2n) is 8.00. The van der Waals surface area contributed by atoms with Crippen molar-refractivity contribution in [3.8, 4) is 17.4 Å². The molecule has 0 saturated carbocycles. The van der Waals surface area contributed by atoms with Crippen molar-refractivity contribution >= 4 is 16.8 Å². The molecule has 9 heteroatoms. The van der Waals surface area contributed by atoms with Gasteiger partial charge in [-0.1, -0.05) is 18.2 Å². The Labute approximate surface area is 195 Å². The minimum atomic E-state index is -0.785. The van der Waals surface area contributed by atoms with Gasteiger partial charge in [0.2, 0.25) is 5.88 Å². The van der Waals surface area contributed by atoms with Crippen molar-refractivity contribution in [3.05, 3.63) is 86.7 Å². The Hall–Kier alpha value is -4.27. The van der Waals surface area contributed by atoms with Crippen molar-refractivity contribution in [3.63, 3.8) is 0 Å². The second-order valence-corrected chi connectivity index (χ2v) is 8.00. The third kappa shape index (κ3) is 3.96. The topological polar surface area (TPSA) is 105 Å². The summed E-state index contributed by atoms with van der Waals surface area (Å²) in [5.74, 6) is 0.428. The SMILES string of the molecule is COc1ccc2c(c1)c(Cc1c(O)n(C)c(=O)n(C)c1=O)cn2C(=O)[C@H](C)Oc1ccccc1. The number of carbonyl (C=O) groups excluding carboxylic acids is 1. The molecule has 34 heavy (non-hydrogen) atoms. The van der Waals surface area contributed by atoms with Crippen molar-refractivity contribution in [2.75, 3.05) is 7.11 Å². The monoisotopic (exact) mass is 463 g/mol. The molecule has 1 N–H and O–H groups in total. The van der Waals surface area contributed by atoms with Crippen LogP contribution in [-0.2, 0) is 20.5 Å². The van der Waals surface area contributed by atoms with Crippen LogP contribution < -0.4 is 20.7 Å². The van der Waals surface area contributed by atoms with Gasteiger partial charge < -0.3 is 14.6 Å². The lowest BCUT2D eigenvalue weighted by atomic mass is 10.1. The first-order valence-electron chi connectivity index (χ1n) is 10.6. The maximum absolute atomic E-state index is 13.3. The molecule has 2 aromatic heterocycles. The van der Waals surface area contributed by atoms with Gasteiger partial charge in [-0.2, -0.15) is 0 Å². The van der Waals surface area contributed by atoms with Gasteiger partial charge in [-0.3, -0.25) is 23.3 Å². The van der Waals surface area contributed by atoms with E-state index in [4.69, 9.17) is 9.47 Å². The first kappa shape index (κ1) is 22.9. The molecule has 0 fully saturated rings. The molecule has 2 heterocycles. The van der Waals surface area contributed by atoms with E-state index in [1.165, 1.54) is 25.8 Å². The Morgan fingerprint density at radius 2 is 1.74 bits per heavy atom. The largest absolute Gasteiger partial charge is 0.497 e. The number of carbonyl (C=O) groups is 1. The lowest BCUT2D eigenvalue weighted by Gasteiger charge is -2.14. The second kappa shape index (κ2) is 8.93. The molecule has 176 valence electrons. The van der Waals surface area contributed by atoms with Gasteiger partial charge in [0, 0.05) is 32.1 Å². The lowest BCUT2D eigenvalue weighted by molar-refractivity contribution is 0.0733. The number of aromatic hydroxyl groups is 1. The van der Waals surface area contributed by atoms with E-state index in [9.17, 15) is 19.5 Å². The maximum atomic E-state index is 13.3. The van der Waals surface area contributed by atoms with Gasteiger partial charge in [0.05, 0.1) is 18.2 Å². The normalized spacial score (nSPS) is 12.0. The predicted octanol–water partition coefficient (Wildman–Crippen LogP) is 2.45. The fourth-order valence-corrected chi connectivity index (χ4v) is 3.93. The summed E-state index contributed by atoms with van der Waals surface area (Å²) in [7, 11) is 4.28. The number of benzene rings is 2. The van der Waals surface area contributed by atoms with E-state index >= 15 is 0 Å². The van der Waals surface area contributed by atoms with Crippen molar-refractivity contribution in [2.24, 2.45) is 14.1 Å². The van der Waals surface area contributed by atoms with Gasteiger partial charge in [0.1, 0.15) is 11.5 Å². The number of ether oxygens (including phenoxy) is 2. The van der Waals surface area contributed by atoms with Crippen LogP contribution in [0.2, 0.25) is 0 Å². The Bertz CT molecular complexity index is 1500. The van der Waals surface area contributed by atoms with Gasteiger partial charge in [0.25, 0.3) is 11.5 Å². The Balaban J connectivity index is 1.81. The van der Waals surface area contributed by atoms with Gasteiger partial charge in [-0.15, -0.1) is 0 Å². The fraction of sp³-hybridized carbons (Fsp3) is 0.240. The standard InChI is InChI=1S/C25H25N3O6/c1-15(34-17-8-6-5-7-9-17)22(29)28-14-16(19-13-18(33-4)10-11-21(19)28)12-20-23(30)26(2)25(32)27(3)24(20)31/h5-11,13-15,30H,12H2,1-4H3/t15-/m0/s1. The summed E-state index contributed by atoms with van der Waals surface area (Å²) in [5, 5.41) is 11.2. The first-order valence-corrected chi connectivity index (χ1v) is 10.6. The molecule has 0 aliphatic heterocycles. The zero-order valence-corrected chi connectivity index (χ0v) is 19.3. The molecule has 2 aromatic carbocycles. The molecular weight excluding hydrogens is 438 g/mol. The van der Waals surface area contributed by atoms with E-state index in [0.717, 1.165) is 9.13 Å². The average Bonchev–Trinajstić information content (AvgIpc) is 3.21. The summed E-state index contributed by atoms with van der Waals surface area (Å²) in [4.78, 5) is 38.2. The van der Waals surface area contributed by atoms with Crippen molar-refractivity contribution in [1.82, 2.24) is 13.7 Å². The van der Waals surface area contributed by atoms with E-state index in [1.807, 2.05) is 18.2 Å². The number of fused-ring (bicyclic) bond motifs is 1. The smallest absolute Gasteiger partial charge is 0.333 e. The molecule has 0 aliphatic carbocycles. The molecular formula is C25H25N3O6. The summed E-state index contributed by atoms with van der Waals surface area (Å²) >= 11 is 0. The van der Waals surface area contributed by atoms with Gasteiger partial charge >= 0.3 is 5.69 Å². The van der Waals surface area contributed by atoms with Crippen LogP contribution in [0.25, 0.3) is 10.9 Å². The summed E-state index contributed by atoms with van der Waals surface area (Å²) < 4.78 is 14.6. The highest BCUT2D eigenvalue weighted by molar-refractivity contribution is 5.97. The van der Waals surface area contributed by atoms with Crippen LogP contribution in [-0.4, -0.2) is 37.9 Å². The highest BCUT2D eigenvalue weighted by Gasteiger charge is 2.23. The van der Waals surface area contributed by atoms with E-state index in [2.05, 4.69) is 0 Å². The van der Waals surface area contributed by atoms with Crippen LogP contribution in [0.4, 0.5) is 0 Å². The van der Waals surface area contributed by atoms with E-state index in [-0.39, 0.29) is 17.9 Å². The van der Waals surface area contributed by atoms with Crippen LogP contribution in [0, 0.1) is 0 Å². The molecule has 4 rings (SSSR count). The zero-order valence-electron chi connectivity index (χ0n) is 19.3. The molecule has 9 nitrogen and oxygen atoms in total. The predicted molar refractivity (Wildman–Crippen MR) is 127 cm³/mol. The minimum Gasteiger partial charge on any atom is -0.497 e. The number of para-hydroxylation sites is 1. The van der Waals surface area contributed by atoms with E-state index < -0.39 is 23.2 Å². The average molecular weight is 463 g/mol. The number of aromatic nitrogens is 3. The Kier molecular flexibility index (Phi) is 6.02. The molecule has 4 aromatic rings. The number of rotatable bonds is 6. The summed E-state index contributed by atoms with van der Waals surface area (Å²) in [6.45, 7) is 1.67. The van der Waals surface area contributed by atoms with E-state index in [1.54, 1.807) is 43.5 Å². The summed E-state index contributed by atoms with van der Waals surface area (Å²) in [6.07, 6.45) is 0.845. The highest BCUT2D eigenvalue weighted by Crippen LogP contribution is 2.29. The molecule has 0 aliphatic rings. The number of hydrogen-bond donors (Lipinski definition) is 1. The number of hydrogen-bond acceptors (Lipinski definition) is 6. The van der Waals surface area contributed by atoms with Crippen LogP contribution in [0.5, 0.6) is 17.4 Å². The maximum Gasteiger partial charge on any atom is 0.333 e. The molecule has 0 radical (unpaired) electrons. The zero-order chi connectivity index (χ0) is 24.6. The van der Waals surface area contributed by atoms with Crippen LogP contribution in [0.15, 0.2) is 64.3 Å². The van der Waals surface area contributed by atoms with Crippen LogP contribution in [0.3, 0.4) is 0 Å². The first-order chi connectivity index (χ1) is 16.2. The minimum absolute atomic E-state index is 0.00446. The Morgan fingerprint density at radius 1 is 1.03 bits per heavy atom. The molecule has 0 saturated heterocycles. The molecule has 1 atom stereocenters. The molecule has 0 bridgehead atoms. The fourth-order valence-electron chi connectivity index (χ4n) is 3.93. The molecule has 0 amide bonds. The Morgan fingerprint density at radius 3 is 2.41 bits per heavy atom. The van der Waals surface area contributed by atoms with Gasteiger partial charge in [-0.05, 0) is 42.8 Å². The quantitative estimate of drug-likeness (QED) is 0.471.